The van der Waals surface area contributed by atoms with Crippen molar-refractivity contribution in [3.63, 3.8) is 0 Å². The molecule has 1 N–H and O–H groups in total. The maximum Gasteiger partial charge on any atom is 0.310 e. The normalized spacial score (nSPS) is 23.9. The van der Waals surface area contributed by atoms with Crippen LogP contribution in [0.25, 0.3) is 0 Å². The molecule has 0 saturated carbocycles. The Balaban J connectivity index is 2.21. The summed E-state index contributed by atoms with van der Waals surface area (Å²) >= 11 is 0. The monoisotopic (exact) mass is 273 g/mol. The molecule has 1 aliphatic rings. The van der Waals surface area contributed by atoms with Crippen LogP contribution in [0.1, 0.15) is 32.6 Å². The number of ether oxygens (including phenoxy) is 2. The summed E-state index contributed by atoms with van der Waals surface area (Å²) in [5, 5.41) is 9.42. The number of hydrogen-bond donors (Lipinski definition) is 1. The molecule has 1 atom stereocenters. The van der Waals surface area contributed by atoms with Gasteiger partial charge in [-0.25, -0.2) is 0 Å². The van der Waals surface area contributed by atoms with E-state index in [9.17, 15) is 9.90 Å². The lowest BCUT2D eigenvalue weighted by atomic mass is 9.83. The van der Waals surface area contributed by atoms with Crippen LogP contribution in [0.4, 0.5) is 0 Å². The molecule has 0 radical (unpaired) electrons. The molecule has 1 saturated heterocycles. The summed E-state index contributed by atoms with van der Waals surface area (Å²) in [6.45, 7) is 6.53. The number of likely N-dealkylation sites (tertiary alicyclic amines) is 1. The zero-order chi connectivity index (χ0) is 14.1. The Bertz CT molecular complexity index is 272. The highest BCUT2D eigenvalue weighted by Gasteiger charge is 2.43. The second-order valence-corrected chi connectivity index (χ2v) is 5.32. The molecule has 1 heterocycles. The third kappa shape index (κ3) is 5.09. The molecule has 1 fully saturated rings. The number of carboxylic acids is 1. The lowest BCUT2D eigenvalue weighted by Gasteiger charge is -2.24. The van der Waals surface area contributed by atoms with Crippen LogP contribution in [-0.2, 0) is 14.3 Å². The number of aliphatic carboxylic acids is 1. The second kappa shape index (κ2) is 8.51. The van der Waals surface area contributed by atoms with Crippen molar-refractivity contribution in [2.24, 2.45) is 5.41 Å². The van der Waals surface area contributed by atoms with Crippen LogP contribution in [-0.4, -0.2) is 62.5 Å². The zero-order valence-electron chi connectivity index (χ0n) is 12.2. The first-order valence-electron chi connectivity index (χ1n) is 7.17. The number of carbonyl (C=O) groups is 1. The first-order valence-corrected chi connectivity index (χ1v) is 7.17. The highest BCUT2D eigenvalue weighted by molar-refractivity contribution is 5.75. The minimum atomic E-state index is -0.631. The van der Waals surface area contributed by atoms with Crippen molar-refractivity contribution in [2.75, 3.05) is 46.6 Å². The maximum atomic E-state index is 11.4. The fourth-order valence-corrected chi connectivity index (χ4v) is 2.75. The lowest BCUT2D eigenvalue weighted by molar-refractivity contribution is -0.148. The van der Waals surface area contributed by atoms with E-state index >= 15 is 0 Å². The number of hydrogen-bond acceptors (Lipinski definition) is 4. The van der Waals surface area contributed by atoms with Crippen molar-refractivity contribution in [2.45, 2.75) is 32.6 Å². The van der Waals surface area contributed by atoms with Gasteiger partial charge < -0.3 is 19.5 Å². The summed E-state index contributed by atoms with van der Waals surface area (Å²) in [5.41, 5.74) is -0.508. The van der Waals surface area contributed by atoms with Crippen LogP contribution in [0.15, 0.2) is 0 Å². The molecule has 1 unspecified atom stereocenters. The highest BCUT2D eigenvalue weighted by atomic mass is 16.5. The summed E-state index contributed by atoms with van der Waals surface area (Å²) in [7, 11) is 1.66. The predicted molar refractivity (Wildman–Crippen MR) is 73.3 cm³/mol. The number of nitrogens with zero attached hydrogens (tertiary/aromatic N) is 1. The van der Waals surface area contributed by atoms with Gasteiger partial charge in [0.1, 0.15) is 0 Å². The molecule has 5 nitrogen and oxygen atoms in total. The van der Waals surface area contributed by atoms with Gasteiger partial charge in [0.15, 0.2) is 0 Å². The first-order chi connectivity index (χ1) is 9.14. The summed E-state index contributed by atoms with van der Waals surface area (Å²) in [5.74, 6) is -0.631. The smallest absolute Gasteiger partial charge is 0.310 e. The van der Waals surface area contributed by atoms with Gasteiger partial charge in [-0.1, -0.05) is 13.3 Å². The van der Waals surface area contributed by atoms with Crippen molar-refractivity contribution in [3.05, 3.63) is 0 Å². The molecule has 0 aromatic rings. The van der Waals surface area contributed by atoms with Crippen molar-refractivity contribution in [3.8, 4) is 0 Å². The largest absolute Gasteiger partial charge is 0.481 e. The Labute approximate surface area is 115 Å². The molecule has 0 spiro atoms. The van der Waals surface area contributed by atoms with E-state index < -0.39 is 11.4 Å². The van der Waals surface area contributed by atoms with Crippen molar-refractivity contribution < 1.29 is 19.4 Å². The van der Waals surface area contributed by atoms with Gasteiger partial charge in [-0.15, -0.1) is 0 Å². The lowest BCUT2D eigenvalue weighted by Crippen LogP contribution is -2.35. The zero-order valence-corrected chi connectivity index (χ0v) is 12.2. The van der Waals surface area contributed by atoms with Crippen molar-refractivity contribution in [1.29, 1.82) is 0 Å². The van der Waals surface area contributed by atoms with Gasteiger partial charge in [-0.3, -0.25) is 4.79 Å². The highest BCUT2D eigenvalue weighted by Crippen LogP contribution is 2.35. The molecule has 19 heavy (non-hydrogen) atoms. The average Bonchev–Trinajstić information content (AvgIpc) is 2.79. The predicted octanol–water partition coefficient (Wildman–Crippen LogP) is 1.62. The van der Waals surface area contributed by atoms with Gasteiger partial charge in [0.2, 0.25) is 0 Å². The molecule has 112 valence electrons. The van der Waals surface area contributed by atoms with Crippen molar-refractivity contribution >= 4 is 5.97 Å². The van der Waals surface area contributed by atoms with Gasteiger partial charge in [-0.05, 0) is 25.8 Å². The first kappa shape index (κ1) is 16.4. The van der Waals surface area contributed by atoms with E-state index in [2.05, 4.69) is 11.8 Å². The van der Waals surface area contributed by atoms with Crippen LogP contribution in [0.5, 0.6) is 0 Å². The minimum Gasteiger partial charge on any atom is -0.481 e. The van der Waals surface area contributed by atoms with E-state index in [4.69, 9.17) is 9.47 Å². The molecule has 1 aliphatic heterocycles. The van der Waals surface area contributed by atoms with Crippen LogP contribution >= 0.6 is 0 Å². The summed E-state index contributed by atoms with van der Waals surface area (Å²) in [6.07, 6.45) is 3.44. The van der Waals surface area contributed by atoms with Crippen LogP contribution in [0.2, 0.25) is 0 Å². The molecule has 0 aromatic carbocycles. The van der Waals surface area contributed by atoms with E-state index in [0.717, 1.165) is 38.8 Å². The molecular formula is C14H27NO4. The van der Waals surface area contributed by atoms with E-state index in [0.29, 0.717) is 26.4 Å². The average molecular weight is 273 g/mol. The topological polar surface area (TPSA) is 59.0 Å². The quantitative estimate of drug-likeness (QED) is 0.613. The number of methoxy groups -OCH3 is 1. The van der Waals surface area contributed by atoms with Gasteiger partial charge >= 0.3 is 5.97 Å². The molecule has 1 rings (SSSR count). The van der Waals surface area contributed by atoms with Crippen LogP contribution in [0.3, 0.4) is 0 Å². The van der Waals surface area contributed by atoms with E-state index in [1.54, 1.807) is 7.11 Å². The third-order valence-electron chi connectivity index (χ3n) is 3.81. The van der Waals surface area contributed by atoms with Crippen LogP contribution in [0, 0.1) is 5.41 Å². The summed E-state index contributed by atoms with van der Waals surface area (Å²) < 4.78 is 10.3. The third-order valence-corrected chi connectivity index (χ3v) is 3.81. The Hall–Kier alpha value is -0.650. The van der Waals surface area contributed by atoms with Gasteiger partial charge in [0.25, 0.3) is 0 Å². The van der Waals surface area contributed by atoms with E-state index in [1.165, 1.54) is 0 Å². The van der Waals surface area contributed by atoms with Crippen LogP contribution < -0.4 is 0 Å². The molecule has 0 bridgehead atoms. The van der Waals surface area contributed by atoms with Gasteiger partial charge in [0, 0.05) is 26.8 Å². The second-order valence-electron chi connectivity index (χ2n) is 5.32. The molecule has 0 amide bonds. The van der Waals surface area contributed by atoms with E-state index in [-0.39, 0.29) is 0 Å². The fourth-order valence-electron chi connectivity index (χ4n) is 2.75. The molecule has 5 heteroatoms. The summed E-state index contributed by atoms with van der Waals surface area (Å²) in [4.78, 5) is 13.7. The molecular weight excluding hydrogens is 246 g/mol. The standard InChI is InChI=1S/C14H27NO4/c1-3-5-14(13(16)17)6-8-15(12-14)7-4-9-19-11-10-18-2/h3-12H2,1-2H3,(H,16,17). The van der Waals surface area contributed by atoms with Gasteiger partial charge in [0.05, 0.1) is 18.6 Å². The molecule has 0 aromatic heterocycles. The maximum absolute atomic E-state index is 11.4. The van der Waals surface area contributed by atoms with E-state index in [1.807, 2.05) is 0 Å². The number of rotatable bonds is 10. The Morgan fingerprint density at radius 1 is 1.37 bits per heavy atom. The molecule has 0 aliphatic carbocycles. The number of carboxylic acid groups (broad SMARTS) is 1. The Morgan fingerprint density at radius 2 is 2.16 bits per heavy atom. The van der Waals surface area contributed by atoms with Gasteiger partial charge in [-0.2, -0.15) is 0 Å². The van der Waals surface area contributed by atoms with Crippen molar-refractivity contribution in [1.82, 2.24) is 4.90 Å². The Kier molecular flexibility index (Phi) is 7.34. The SMILES string of the molecule is CCCC1(C(=O)O)CCN(CCCOCCOC)C1. The Morgan fingerprint density at radius 3 is 2.79 bits per heavy atom. The summed E-state index contributed by atoms with van der Waals surface area (Å²) in [6, 6.07) is 0. The minimum absolute atomic E-state index is 0.508. The fraction of sp³-hybridized carbons (Fsp3) is 0.929.